The molecular weight excluding hydrogens is 935 g/mol. The van der Waals surface area contributed by atoms with Crippen LogP contribution in [0.2, 0.25) is 0 Å². The van der Waals surface area contributed by atoms with Gasteiger partial charge in [-0.05, 0) is 77.0 Å². The molecule has 434 valence electrons. The first-order valence-electron chi connectivity index (χ1n) is 31.3. The maximum absolute atomic E-state index is 13.0. The molecule has 1 amide bonds. The lowest BCUT2D eigenvalue weighted by atomic mass is 9.99. The molecule has 1 aliphatic rings. The van der Waals surface area contributed by atoms with Gasteiger partial charge in [-0.25, -0.2) is 0 Å². The monoisotopic (exact) mass is 1050 g/mol. The molecule has 0 radical (unpaired) electrons. The fraction of sp³-hybridized carbons (Fsp3) is 0.773. The maximum atomic E-state index is 13.0. The molecule has 7 unspecified atom stereocenters. The Morgan fingerprint density at radius 3 is 1.28 bits per heavy atom. The minimum absolute atomic E-state index is 0.186. The number of rotatable bonds is 53. The van der Waals surface area contributed by atoms with E-state index in [2.05, 4.69) is 92.1 Å². The molecule has 1 rings (SSSR count). The van der Waals surface area contributed by atoms with Crippen molar-refractivity contribution in [3.05, 3.63) is 85.1 Å². The average molecular weight is 1050 g/mol. The van der Waals surface area contributed by atoms with E-state index in [4.69, 9.17) is 9.47 Å². The molecule has 0 aromatic heterocycles. The molecule has 6 N–H and O–H groups in total. The molecule has 0 saturated carbocycles. The summed E-state index contributed by atoms with van der Waals surface area (Å²) in [5.41, 5.74) is 0. The summed E-state index contributed by atoms with van der Waals surface area (Å²) in [5.74, 6) is -0.186. The van der Waals surface area contributed by atoms with Gasteiger partial charge in [-0.2, -0.15) is 0 Å². The Labute approximate surface area is 461 Å². The number of ether oxygens (including phenoxy) is 2. The number of hydrogen-bond acceptors (Lipinski definition) is 8. The van der Waals surface area contributed by atoms with Crippen LogP contribution in [-0.2, 0) is 14.3 Å². The highest BCUT2D eigenvalue weighted by Gasteiger charge is 2.44. The third-order valence-corrected chi connectivity index (χ3v) is 14.5. The highest BCUT2D eigenvalue weighted by atomic mass is 16.7. The summed E-state index contributed by atoms with van der Waals surface area (Å²) in [6.45, 7) is 3.62. The molecule has 9 heteroatoms. The van der Waals surface area contributed by atoms with Gasteiger partial charge in [0, 0.05) is 6.42 Å². The summed E-state index contributed by atoms with van der Waals surface area (Å²) in [6, 6.07) is -0.821. The van der Waals surface area contributed by atoms with Crippen LogP contribution in [0, 0.1) is 0 Å². The van der Waals surface area contributed by atoms with Gasteiger partial charge in [0.1, 0.15) is 24.4 Å². The lowest BCUT2D eigenvalue weighted by Gasteiger charge is -2.40. The number of carbonyl (C=O) groups excluding carboxylic acids is 1. The van der Waals surface area contributed by atoms with Crippen molar-refractivity contribution in [1.82, 2.24) is 5.32 Å². The van der Waals surface area contributed by atoms with Gasteiger partial charge in [-0.3, -0.25) is 4.79 Å². The van der Waals surface area contributed by atoms with Crippen molar-refractivity contribution in [2.75, 3.05) is 13.2 Å². The van der Waals surface area contributed by atoms with Gasteiger partial charge in [0.2, 0.25) is 5.91 Å². The summed E-state index contributed by atoms with van der Waals surface area (Å²) >= 11 is 0. The van der Waals surface area contributed by atoms with Gasteiger partial charge in [0.25, 0.3) is 0 Å². The quantitative estimate of drug-likeness (QED) is 0.0261. The molecule has 1 heterocycles. The van der Waals surface area contributed by atoms with Crippen LogP contribution in [0.4, 0.5) is 0 Å². The van der Waals surface area contributed by atoms with E-state index in [1.54, 1.807) is 6.08 Å². The Balaban J connectivity index is 2.01. The molecule has 0 aromatic carbocycles. The van der Waals surface area contributed by atoms with E-state index < -0.39 is 49.5 Å². The lowest BCUT2D eigenvalue weighted by molar-refractivity contribution is -0.302. The molecule has 75 heavy (non-hydrogen) atoms. The lowest BCUT2D eigenvalue weighted by Crippen LogP contribution is -2.60. The van der Waals surface area contributed by atoms with E-state index in [1.807, 2.05) is 6.08 Å². The summed E-state index contributed by atoms with van der Waals surface area (Å²) in [4.78, 5) is 13.0. The van der Waals surface area contributed by atoms with E-state index in [1.165, 1.54) is 180 Å². The molecule has 0 bridgehead atoms. The topological polar surface area (TPSA) is 149 Å². The third-order valence-electron chi connectivity index (χ3n) is 14.5. The Morgan fingerprint density at radius 1 is 0.467 bits per heavy atom. The smallest absolute Gasteiger partial charge is 0.220 e. The highest BCUT2D eigenvalue weighted by molar-refractivity contribution is 5.76. The first-order valence-corrected chi connectivity index (χ1v) is 31.3. The summed E-state index contributed by atoms with van der Waals surface area (Å²) in [7, 11) is 0. The largest absolute Gasteiger partial charge is 0.394 e. The molecule has 0 aromatic rings. The van der Waals surface area contributed by atoms with Crippen LogP contribution in [0.5, 0.6) is 0 Å². The van der Waals surface area contributed by atoms with Gasteiger partial charge in [-0.1, -0.05) is 272 Å². The number of nitrogens with one attached hydrogen (secondary N) is 1. The Hall–Kier alpha value is -2.63. The van der Waals surface area contributed by atoms with Crippen molar-refractivity contribution in [2.45, 2.75) is 314 Å². The van der Waals surface area contributed by atoms with Crippen LogP contribution in [0.25, 0.3) is 0 Å². The average Bonchev–Trinajstić information content (AvgIpc) is 3.41. The Morgan fingerprint density at radius 2 is 0.840 bits per heavy atom. The second-order valence-corrected chi connectivity index (χ2v) is 21.5. The molecule has 1 fully saturated rings. The van der Waals surface area contributed by atoms with Crippen molar-refractivity contribution >= 4 is 5.91 Å². The molecule has 0 spiro atoms. The number of allylic oxidation sites excluding steroid dienone is 13. The molecule has 9 nitrogen and oxygen atoms in total. The van der Waals surface area contributed by atoms with Gasteiger partial charge in [0.05, 0.1) is 25.4 Å². The van der Waals surface area contributed by atoms with Crippen LogP contribution >= 0.6 is 0 Å². The normalized spacial score (nSPS) is 19.5. The SMILES string of the molecule is CC/C=C\C/C=C\C/C=C\C/C=C\C/C=C\CCCCCCCCCCCCCCCCCCCCCCCCCCCC(=O)NC(COC1OC(CO)C(O)C(O)C1O)C(O)/C=C/CC/C=C/CCCCCCC. The molecule has 7 atom stereocenters. The van der Waals surface area contributed by atoms with Crippen LogP contribution in [-0.4, -0.2) is 87.5 Å². The highest BCUT2D eigenvalue weighted by Crippen LogP contribution is 2.23. The second-order valence-electron chi connectivity index (χ2n) is 21.5. The number of hydrogen-bond donors (Lipinski definition) is 6. The standard InChI is InChI=1S/C66H117NO8/c1-3-5-7-9-11-13-15-16-17-18-19-20-21-22-23-24-25-26-27-28-29-30-31-32-33-34-35-36-37-38-39-40-41-42-43-44-46-48-50-52-54-56-62(70)67-59(58-74-66-65(73)64(72)63(71)61(57-68)75-66)60(69)55-53-51-49-47-45-14-12-10-8-6-4-2/h5,7,11,13,16-17,19-20,22-23,45,47,53,55,59-61,63-66,68-69,71-73H,3-4,6,8-10,12,14-15,18,21,24-44,46,48-52,54,56-58H2,1-2H3,(H,67,70)/b7-5-,13-11-,17-16-,20-19-,23-22-,47-45+,55-53+. The van der Waals surface area contributed by atoms with Crippen molar-refractivity contribution < 1.29 is 39.8 Å². The molecular formula is C66H117NO8. The van der Waals surface area contributed by atoms with Gasteiger partial charge in [-0.15, -0.1) is 0 Å². The molecule has 1 saturated heterocycles. The third kappa shape index (κ3) is 44.0. The van der Waals surface area contributed by atoms with Crippen LogP contribution in [0.15, 0.2) is 85.1 Å². The first-order chi connectivity index (χ1) is 36.8. The Kier molecular flexibility index (Phi) is 51.3. The zero-order chi connectivity index (χ0) is 54.3. The van der Waals surface area contributed by atoms with Gasteiger partial charge < -0.3 is 40.3 Å². The predicted octanol–water partition coefficient (Wildman–Crippen LogP) is 16.2. The second kappa shape index (κ2) is 54.7. The molecule has 1 aliphatic heterocycles. The van der Waals surface area contributed by atoms with Crippen LogP contribution < -0.4 is 5.32 Å². The number of unbranched alkanes of at least 4 members (excludes halogenated alkanes) is 31. The van der Waals surface area contributed by atoms with Crippen molar-refractivity contribution in [2.24, 2.45) is 0 Å². The maximum Gasteiger partial charge on any atom is 0.220 e. The fourth-order valence-electron chi connectivity index (χ4n) is 9.55. The van der Waals surface area contributed by atoms with Crippen molar-refractivity contribution in [3.63, 3.8) is 0 Å². The fourth-order valence-corrected chi connectivity index (χ4v) is 9.55. The van der Waals surface area contributed by atoms with Crippen LogP contribution in [0.3, 0.4) is 0 Å². The van der Waals surface area contributed by atoms with E-state index >= 15 is 0 Å². The van der Waals surface area contributed by atoms with Crippen molar-refractivity contribution in [1.29, 1.82) is 0 Å². The van der Waals surface area contributed by atoms with E-state index in [-0.39, 0.29) is 12.5 Å². The zero-order valence-corrected chi connectivity index (χ0v) is 48.3. The minimum atomic E-state index is -1.57. The number of amides is 1. The summed E-state index contributed by atoms with van der Waals surface area (Å²) in [5, 5.41) is 54.3. The van der Waals surface area contributed by atoms with Gasteiger partial charge >= 0.3 is 0 Å². The van der Waals surface area contributed by atoms with E-state index in [9.17, 15) is 30.3 Å². The predicted molar refractivity (Wildman–Crippen MR) is 318 cm³/mol. The van der Waals surface area contributed by atoms with E-state index in [0.717, 1.165) is 70.6 Å². The minimum Gasteiger partial charge on any atom is -0.394 e. The molecule has 0 aliphatic carbocycles. The number of carbonyl (C=O) groups is 1. The summed E-state index contributed by atoms with van der Waals surface area (Å²) in [6.07, 6.45) is 71.3. The van der Waals surface area contributed by atoms with Crippen LogP contribution in [0.1, 0.15) is 271 Å². The van der Waals surface area contributed by atoms with Crippen molar-refractivity contribution in [3.8, 4) is 0 Å². The zero-order valence-electron chi connectivity index (χ0n) is 48.3. The number of aliphatic hydroxyl groups is 5. The van der Waals surface area contributed by atoms with E-state index in [0.29, 0.717) is 6.42 Å². The first kappa shape index (κ1) is 70.4. The Bertz CT molecular complexity index is 1450. The summed E-state index contributed by atoms with van der Waals surface area (Å²) < 4.78 is 11.2. The van der Waals surface area contributed by atoms with Gasteiger partial charge in [0.15, 0.2) is 6.29 Å². The number of aliphatic hydroxyl groups excluding tert-OH is 5.